The second-order valence-electron chi connectivity index (χ2n) is 5.18. The van der Waals surface area contributed by atoms with Crippen molar-refractivity contribution >= 4 is 11.7 Å². The molecule has 2 aromatic rings. The van der Waals surface area contributed by atoms with Crippen LogP contribution in [0.2, 0.25) is 0 Å². The van der Waals surface area contributed by atoms with Crippen LogP contribution in [-0.2, 0) is 6.54 Å². The van der Waals surface area contributed by atoms with Crippen LogP contribution in [0.4, 0.5) is 10.5 Å². The number of carbonyl (C=O) groups excluding carboxylic acids is 1. The summed E-state index contributed by atoms with van der Waals surface area (Å²) in [5, 5.41) is 0. The number of anilines is 1. The van der Waals surface area contributed by atoms with Crippen LogP contribution in [0.25, 0.3) is 0 Å². The van der Waals surface area contributed by atoms with Crippen molar-refractivity contribution in [2.24, 2.45) is 5.73 Å². The Balaban J connectivity index is 2.27. The number of primary amides is 1. The second kappa shape index (κ2) is 5.78. The monoisotopic (exact) mass is 268 g/mol. The average Bonchev–Trinajstić information content (AvgIpc) is 2.41. The Morgan fingerprint density at radius 3 is 2.20 bits per heavy atom. The minimum atomic E-state index is -0.438. The van der Waals surface area contributed by atoms with E-state index in [-0.39, 0.29) is 0 Å². The lowest BCUT2D eigenvalue weighted by Crippen LogP contribution is -2.35. The molecule has 0 saturated heterocycles. The van der Waals surface area contributed by atoms with E-state index in [2.05, 4.69) is 26.0 Å². The molecular formula is C17H20N2O. The molecule has 3 heteroatoms. The molecule has 0 bridgehead atoms. The maximum Gasteiger partial charge on any atom is 0.319 e. The van der Waals surface area contributed by atoms with E-state index < -0.39 is 6.03 Å². The van der Waals surface area contributed by atoms with Crippen molar-refractivity contribution in [3.63, 3.8) is 0 Å². The Hall–Kier alpha value is -2.29. The zero-order valence-corrected chi connectivity index (χ0v) is 12.2. The van der Waals surface area contributed by atoms with Gasteiger partial charge < -0.3 is 5.73 Å². The van der Waals surface area contributed by atoms with E-state index in [9.17, 15) is 4.79 Å². The molecule has 0 radical (unpaired) electrons. The van der Waals surface area contributed by atoms with Gasteiger partial charge in [0.05, 0.1) is 6.54 Å². The molecule has 0 atom stereocenters. The topological polar surface area (TPSA) is 46.3 Å². The molecule has 2 aromatic carbocycles. The number of rotatable bonds is 3. The first-order valence-corrected chi connectivity index (χ1v) is 6.67. The van der Waals surface area contributed by atoms with Gasteiger partial charge in [-0.3, -0.25) is 4.90 Å². The van der Waals surface area contributed by atoms with E-state index in [1.165, 1.54) is 11.1 Å². The van der Waals surface area contributed by atoms with Crippen LogP contribution in [0.3, 0.4) is 0 Å². The average molecular weight is 268 g/mol. The van der Waals surface area contributed by atoms with Crippen LogP contribution in [-0.4, -0.2) is 6.03 Å². The van der Waals surface area contributed by atoms with Crippen LogP contribution >= 0.6 is 0 Å². The maximum absolute atomic E-state index is 11.7. The van der Waals surface area contributed by atoms with E-state index >= 15 is 0 Å². The number of aryl methyl sites for hydroxylation is 3. The Morgan fingerprint density at radius 1 is 1.00 bits per heavy atom. The van der Waals surface area contributed by atoms with Gasteiger partial charge in [-0.05, 0) is 49.6 Å². The van der Waals surface area contributed by atoms with Gasteiger partial charge in [0, 0.05) is 5.69 Å². The minimum Gasteiger partial charge on any atom is -0.351 e. The lowest BCUT2D eigenvalue weighted by atomic mass is 10.1. The summed E-state index contributed by atoms with van der Waals surface area (Å²) >= 11 is 0. The summed E-state index contributed by atoms with van der Waals surface area (Å²) in [6.07, 6.45) is 0. The Labute approximate surface area is 120 Å². The highest BCUT2D eigenvalue weighted by Gasteiger charge is 2.13. The van der Waals surface area contributed by atoms with Gasteiger partial charge in [-0.15, -0.1) is 0 Å². The van der Waals surface area contributed by atoms with E-state index in [1.54, 1.807) is 4.90 Å². The van der Waals surface area contributed by atoms with Crippen molar-refractivity contribution in [3.05, 3.63) is 64.7 Å². The van der Waals surface area contributed by atoms with Crippen molar-refractivity contribution in [2.45, 2.75) is 27.3 Å². The fourth-order valence-corrected chi connectivity index (χ4v) is 2.11. The van der Waals surface area contributed by atoms with Gasteiger partial charge in [0.15, 0.2) is 0 Å². The largest absolute Gasteiger partial charge is 0.351 e. The van der Waals surface area contributed by atoms with Crippen LogP contribution in [0.1, 0.15) is 22.3 Å². The molecule has 104 valence electrons. The summed E-state index contributed by atoms with van der Waals surface area (Å²) in [7, 11) is 0. The van der Waals surface area contributed by atoms with E-state index in [1.807, 2.05) is 37.3 Å². The first-order valence-electron chi connectivity index (χ1n) is 6.67. The zero-order valence-electron chi connectivity index (χ0n) is 12.2. The smallest absolute Gasteiger partial charge is 0.319 e. The van der Waals surface area contributed by atoms with E-state index in [0.29, 0.717) is 6.54 Å². The van der Waals surface area contributed by atoms with Crippen LogP contribution in [0, 0.1) is 20.8 Å². The highest BCUT2D eigenvalue weighted by atomic mass is 16.2. The van der Waals surface area contributed by atoms with Gasteiger partial charge in [0.25, 0.3) is 0 Å². The number of nitrogens with zero attached hydrogens (tertiary/aromatic N) is 1. The van der Waals surface area contributed by atoms with Gasteiger partial charge in [-0.2, -0.15) is 0 Å². The van der Waals surface area contributed by atoms with Gasteiger partial charge in [0.1, 0.15) is 0 Å². The fraction of sp³-hybridized carbons (Fsp3) is 0.235. The van der Waals surface area contributed by atoms with Crippen LogP contribution < -0.4 is 10.6 Å². The van der Waals surface area contributed by atoms with Crippen molar-refractivity contribution in [1.82, 2.24) is 0 Å². The zero-order chi connectivity index (χ0) is 14.7. The summed E-state index contributed by atoms with van der Waals surface area (Å²) < 4.78 is 0. The lowest BCUT2D eigenvalue weighted by Gasteiger charge is -2.21. The molecule has 2 rings (SSSR count). The molecule has 0 saturated carbocycles. The molecule has 0 aromatic heterocycles. The van der Waals surface area contributed by atoms with Crippen LogP contribution in [0.15, 0.2) is 42.5 Å². The number of hydrogen-bond donors (Lipinski definition) is 1. The molecule has 0 spiro atoms. The van der Waals surface area contributed by atoms with Gasteiger partial charge in [-0.1, -0.05) is 35.9 Å². The normalized spacial score (nSPS) is 10.3. The SMILES string of the molecule is Cc1ccc(N(Cc2ccc(C)c(C)c2)C(N)=O)cc1. The predicted octanol–water partition coefficient (Wildman–Crippen LogP) is 3.70. The molecule has 0 heterocycles. The van der Waals surface area contributed by atoms with Crippen molar-refractivity contribution in [3.8, 4) is 0 Å². The Kier molecular flexibility index (Phi) is 4.08. The molecule has 0 aliphatic rings. The van der Waals surface area contributed by atoms with E-state index in [4.69, 9.17) is 5.73 Å². The van der Waals surface area contributed by atoms with Gasteiger partial charge in [-0.25, -0.2) is 4.79 Å². The van der Waals surface area contributed by atoms with E-state index in [0.717, 1.165) is 16.8 Å². The maximum atomic E-state index is 11.7. The third-order valence-electron chi connectivity index (χ3n) is 3.52. The highest BCUT2D eigenvalue weighted by molar-refractivity contribution is 5.90. The molecule has 3 nitrogen and oxygen atoms in total. The first kappa shape index (κ1) is 14.1. The molecule has 2 amide bonds. The Bertz CT molecular complexity index is 617. The minimum absolute atomic E-state index is 0.438. The summed E-state index contributed by atoms with van der Waals surface area (Å²) in [6.45, 7) is 6.64. The van der Waals surface area contributed by atoms with Gasteiger partial charge in [0.2, 0.25) is 0 Å². The number of amides is 2. The first-order chi connectivity index (χ1) is 9.47. The molecular weight excluding hydrogens is 248 g/mol. The summed E-state index contributed by atoms with van der Waals surface area (Å²) in [6, 6.07) is 13.6. The third kappa shape index (κ3) is 3.18. The summed E-state index contributed by atoms with van der Waals surface area (Å²) in [4.78, 5) is 13.3. The molecule has 20 heavy (non-hydrogen) atoms. The van der Waals surface area contributed by atoms with Gasteiger partial charge >= 0.3 is 6.03 Å². The highest BCUT2D eigenvalue weighted by Crippen LogP contribution is 2.19. The number of carbonyl (C=O) groups is 1. The standard InChI is InChI=1S/C17H20N2O/c1-12-4-8-16(9-5-12)19(17(18)20)11-15-7-6-13(2)14(3)10-15/h4-10H,11H2,1-3H3,(H2,18,20). The summed E-state index contributed by atoms with van der Waals surface area (Å²) in [5.41, 5.74) is 11.0. The number of urea groups is 1. The molecule has 0 aliphatic carbocycles. The second-order valence-corrected chi connectivity index (χ2v) is 5.18. The fourth-order valence-electron chi connectivity index (χ4n) is 2.11. The van der Waals surface area contributed by atoms with Crippen molar-refractivity contribution in [2.75, 3.05) is 4.90 Å². The molecule has 0 fully saturated rings. The predicted molar refractivity (Wildman–Crippen MR) is 82.9 cm³/mol. The third-order valence-corrected chi connectivity index (χ3v) is 3.52. The quantitative estimate of drug-likeness (QED) is 0.906. The molecule has 0 aliphatic heterocycles. The summed E-state index contributed by atoms with van der Waals surface area (Å²) in [5.74, 6) is 0. The molecule has 2 N–H and O–H groups in total. The van der Waals surface area contributed by atoms with Crippen molar-refractivity contribution < 1.29 is 4.79 Å². The molecule has 0 unspecified atom stereocenters. The number of nitrogens with two attached hydrogens (primary N) is 1. The lowest BCUT2D eigenvalue weighted by molar-refractivity contribution is 0.253. The number of hydrogen-bond acceptors (Lipinski definition) is 1. The Morgan fingerprint density at radius 2 is 1.65 bits per heavy atom. The van der Waals surface area contributed by atoms with Crippen LogP contribution in [0.5, 0.6) is 0 Å². The number of benzene rings is 2. The van der Waals surface area contributed by atoms with Crippen molar-refractivity contribution in [1.29, 1.82) is 0 Å².